The van der Waals surface area contributed by atoms with Gasteiger partial charge in [-0.05, 0) is 51.4 Å². The zero-order valence-corrected chi connectivity index (χ0v) is 10.8. The molecule has 2 rings (SSSR count). The van der Waals surface area contributed by atoms with Crippen molar-refractivity contribution < 1.29 is 5.11 Å². The lowest BCUT2D eigenvalue weighted by Gasteiger charge is -2.50. The van der Waals surface area contributed by atoms with Crippen LogP contribution in [0.2, 0.25) is 0 Å². The fourth-order valence-corrected chi connectivity index (χ4v) is 3.59. The van der Waals surface area contributed by atoms with Crippen LogP contribution in [0, 0.1) is 17.3 Å². The van der Waals surface area contributed by atoms with E-state index in [2.05, 4.69) is 33.4 Å². The average Bonchev–Trinajstić information content (AvgIpc) is 2.24. The molecule has 0 aromatic heterocycles. The standard InChI is InChI=1S/C15H24O/c1-10(2)12-7-8-15(4)13(9-12)11(3)5-6-14(15)16/h5,12-14,16H,1,6-9H2,2-4H3. The summed E-state index contributed by atoms with van der Waals surface area (Å²) >= 11 is 0. The van der Waals surface area contributed by atoms with Crippen LogP contribution in [0.5, 0.6) is 0 Å². The van der Waals surface area contributed by atoms with Crippen molar-refractivity contribution >= 4 is 0 Å². The summed E-state index contributed by atoms with van der Waals surface area (Å²) in [5.74, 6) is 1.22. The van der Waals surface area contributed by atoms with E-state index in [9.17, 15) is 5.11 Å². The Kier molecular flexibility index (Phi) is 3.00. The van der Waals surface area contributed by atoms with Crippen molar-refractivity contribution in [1.29, 1.82) is 0 Å². The molecule has 0 amide bonds. The molecule has 0 saturated heterocycles. The predicted octanol–water partition coefficient (Wildman–Crippen LogP) is 3.70. The van der Waals surface area contributed by atoms with Gasteiger partial charge in [0, 0.05) is 5.41 Å². The van der Waals surface area contributed by atoms with E-state index in [0.29, 0.717) is 11.8 Å². The maximum Gasteiger partial charge on any atom is 0.0633 e. The molecule has 1 nitrogen and oxygen atoms in total. The second kappa shape index (κ2) is 4.03. The van der Waals surface area contributed by atoms with E-state index in [4.69, 9.17) is 0 Å². The Morgan fingerprint density at radius 3 is 2.88 bits per heavy atom. The van der Waals surface area contributed by atoms with Gasteiger partial charge in [-0.25, -0.2) is 0 Å². The summed E-state index contributed by atoms with van der Waals surface area (Å²) < 4.78 is 0. The highest BCUT2D eigenvalue weighted by molar-refractivity contribution is 5.19. The van der Waals surface area contributed by atoms with Gasteiger partial charge in [-0.1, -0.05) is 30.7 Å². The third-order valence-electron chi connectivity index (χ3n) is 5.02. The van der Waals surface area contributed by atoms with E-state index in [1.807, 2.05) is 0 Å². The maximum absolute atomic E-state index is 10.2. The quantitative estimate of drug-likeness (QED) is 0.668. The molecule has 0 aromatic carbocycles. The molecule has 16 heavy (non-hydrogen) atoms. The molecule has 2 aliphatic carbocycles. The van der Waals surface area contributed by atoms with Crippen molar-refractivity contribution in [3.8, 4) is 0 Å². The molecule has 90 valence electrons. The Bertz CT molecular complexity index is 328. The zero-order chi connectivity index (χ0) is 11.9. The predicted molar refractivity (Wildman–Crippen MR) is 68.1 cm³/mol. The number of hydrogen-bond donors (Lipinski definition) is 1. The molecule has 0 spiro atoms. The first-order valence-corrected chi connectivity index (χ1v) is 6.45. The van der Waals surface area contributed by atoms with Gasteiger partial charge in [-0.2, -0.15) is 0 Å². The van der Waals surface area contributed by atoms with Gasteiger partial charge in [-0.15, -0.1) is 0 Å². The van der Waals surface area contributed by atoms with Crippen molar-refractivity contribution in [1.82, 2.24) is 0 Å². The number of rotatable bonds is 1. The Hall–Kier alpha value is -0.560. The van der Waals surface area contributed by atoms with Crippen LogP contribution in [0.25, 0.3) is 0 Å². The Morgan fingerprint density at radius 1 is 1.56 bits per heavy atom. The van der Waals surface area contributed by atoms with Crippen molar-refractivity contribution in [3.05, 3.63) is 23.8 Å². The molecular weight excluding hydrogens is 196 g/mol. The fraction of sp³-hybridized carbons (Fsp3) is 0.733. The minimum atomic E-state index is -0.146. The highest BCUT2D eigenvalue weighted by Crippen LogP contribution is 2.52. The van der Waals surface area contributed by atoms with Crippen LogP contribution in [0.1, 0.15) is 46.5 Å². The molecule has 1 fully saturated rings. The highest BCUT2D eigenvalue weighted by Gasteiger charge is 2.46. The van der Waals surface area contributed by atoms with Crippen LogP contribution in [0.3, 0.4) is 0 Å². The summed E-state index contributed by atoms with van der Waals surface area (Å²) in [6.45, 7) is 10.7. The van der Waals surface area contributed by atoms with Gasteiger partial charge in [0.2, 0.25) is 0 Å². The Labute approximate surface area is 99.3 Å². The van der Waals surface area contributed by atoms with E-state index in [1.165, 1.54) is 24.0 Å². The number of aliphatic hydroxyl groups is 1. The lowest BCUT2D eigenvalue weighted by Crippen LogP contribution is -2.46. The van der Waals surface area contributed by atoms with Crippen LogP contribution < -0.4 is 0 Å². The van der Waals surface area contributed by atoms with Gasteiger partial charge in [0.05, 0.1) is 6.10 Å². The van der Waals surface area contributed by atoms with E-state index >= 15 is 0 Å². The van der Waals surface area contributed by atoms with Gasteiger partial charge in [0.25, 0.3) is 0 Å². The molecule has 0 heterocycles. The van der Waals surface area contributed by atoms with E-state index in [1.54, 1.807) is 0 Å². The normalized spacial score (nSPS) is 43.5. The monoisotopic (exact) mass is 220 g/mol. The number of fused-ring (bicyclic) bond motifs is 1. The molecule has 0 aliphatic heterocycles. The summed E-state index contributed by atoms with van der Waals surface area (Å²) in [5.41, 5.74) is 2.92. The summed E-state index contributed by atoms with van der Waals surface area (Å²) in [7, 11) is 0. The van der Waals surface area contributed by atoms with Crippen LogP contribution in [0.4, 0.5) is 0 Å². The maximum atomic E-state index is 10.2. The first-order valence-electron chi connectivity index (χ1n) is 6.45. The van der Waals surface area contributed by atoms with Crippen molar-refractivity contribution in [2.24, 2.45) is 17.3 Å². The third kappa shape index (κ3) is 1.75. The Balaban J connectivity index is 2.25. The van der Waals surface area contributed by atoms with Crippen molar-refractivity contribution in [2.45, 2.75) is 52.6 Å². The number of aliphatic hydroxyl groups excluding tert-OH is 1. The van der Waals surface area contributed by atoms with Crippen LogP contribution in [-0.2, 0) is 0 Å². The first-order chi connectivity index (χ1) is 7.45. The van der Waals surface area contributed by atoms with Crippen LogP contribution in [-0.4, -0.2) is 11.2 Å². The topological polar surface area (TPSA) is 20.2 Å². The molecule has 1 heteroatoms. The largest absolute Gasteiger partial charge is 0.392 e. The molecule has 0 radical (unpaired) electrons. The minimum Gasteiger partial charge on any atom is -0.392 e. The summed E-state index contributed by atoms with van der Waals surface area (Å²) in [4.78, 5) is 0. The Morgan fingerprint density at radius 2 is 2.25 bits per heavy atom. The highest BCUT2D eigenvalue weighted by atomic mass is 16.3. The molecule has 1 saturated carbocycles. The van der Waals surface area contributed by atoms with Gasteiger partial charge < -0.3 is 5.11 Å². The van der Waals surface area contributed by atoms with E-state index < -0.39 is 0 Å². The lowest BCUT2D eigenvalue weighted by atomic mass is 9.56. The van der Waals surface area contributed by atoms with Crippen LogP contribution in [0.15, 0.2) is 23.8 Å². The second-order valence-electron chi connectivity index (χ2n) is 6.08. The molecule has 1 N–H and O–H groups in total. The molecule has 4 atom stereocenters. The average molecular weight is 220 g/mol. The van der Waals surface area contributed by atoms with E-state index in [0.717, 1.165) is 12.8 Å². The lowest BCUT2D eigenvalue weighted by molar-refractivity contribution is -0.0356. The molecule has 2 aliphatic rings. The molecule has 0 bridgehead atoms. The van der Waals surface area contributed by atoms with Crippen LogP contribution >= 0.6 is 0 Å². The van der Waals surface area contributed by atoms with Gasteiger partial charge in [0.1, 0.15) is 0 Å². The van der Waals surface area contributed by atoms with Gasteiger partial charge in [0.15, 0.2) is 0 Å². The van der Waals surface area contributed by atoms with E-state index in [-0.39, 0.29) is 11.5 Å². The zero-order valence-electron chi connectivity index (χ0n) is 10.8. The molecule has 0 aromatic rings. The first kappa shape index (κ1) is 11.9. The third-order valence-corrected chi connectivity index (χ3v) is 5.02. The summed E-state index contributed by atoms with van der Waals surface area (Å²) in [6, 6.07) is 0. The summed E-state index contributed by atoms with van der Waals surface area (Å²) in [6.07, 6.45) is 6.46. The van der Waals surface area contributed by atoms with Crippen molar-refractivity contribution in [3.63, 3.8) is 0 Å². The minimum absolute atomic E-state index is 0.116. The molecule has 4 unspecified atom stereocenters. The molecular formula is C15H24O. The summed E-state index contributed by atoms with van der Waals surface area (Å²) in [5, 5.41) is 10.2. The number of hydrogen-bond acceptors (Lipinski definition) is 1. The smallest absolute Gasteiger partial charge is 0.0633 e. The van der Waals surface area contributed by atoms with Gasteiger partial charge >= 0.3 is 0 Å². The van der Waals surface area contributed by atoms with Gasteiger partial charge in [-0.3, -0.25) is 0 Å². The van der Waals surface area contributed by atoms with Crippen molar-refractivity contribution in [2.75, 3.05) is 0 Å². The number of allylic oxidation sites excluding steroid dienone is 2. The SMILES string of the molecule is C=C(C)C1CCC2(C)C(O)CC=C(C)C2C1. The second-order valence-corrected chi connectivity index (χ2v) is 6.08. The fourth-order valence-electron chi connectivity index (χ4n) is 3.59.